The molecule has 0 fully saturated rings. The zero-order valence-corrected chi connectivity index (χ0v) is 18.8. The first-order chi connectivity index (χ1) is 0. The Bertz CT molecular complexity index is 15.6. The van der Waals surface area contributed by atoms with E-state index in [1.807, 2.05) is 0 Å². The van der Waals surface area contributed by atoms with Crippen LogP contribution in [0.25, 0.3) is 0 Å². The quantitative estimate of drug-likeness (QED) is 0.347. The average Bonchev–Trinajstić information content (AvgIpc) is 0. The summed E-state index contributed by atoms with van der Waals surface area (Å²) >= 11 is 0. The SMILES string of the molecule is [Fe+3].[Fe+3].[Mo+6].[Mo+6].[S-2].[S-2].[S-2].[S-2].[S-2].[S-2].[S-2].[S-2].[S-2]. The van der Waals surface area contributed by atoms with Gasteiger partial charge in [0.1, 0.15) is 0 Å². The first-order valence-electron chi connectivity index (χ1n) is 0. The van der Waals surface area contributed by atoms with Crippen molar-refractivity contribution in [2.24, 2.45) is 0 Å². The van der Waals surface area contributed by atoms with E-state index in [-0.39, 0.29) is 198 Å². The van der Waals surface area contributed by atoms with Crippen LogP contribution in [0.4, 0.5) is 0 Å². The van der Waals surface area contributed by atoms with Crippen LogP contribution in [0.1, 0.15) is 0 Å². The molecular formula is Fe2Mo2S9. The molecule has 0 amide bonds. The van der Waals surface area contributed by atoms with E-state index in [1.165, 1.54) is 0 Å². The Balaban J connectivity index is 0. The van der Waals surface area contributed by atoms with Crippen molar-refractivity contribution >= 4 is 121 Å². The van der Waals surface area contributed by atoms with Crippen LogP contribution in [0.3, 0.4) is 0 Å². The molecule has 0 spiro atoms. The zero-order chi connectivity index (χ0) is 0. The minimum absolute atomic E-state index is 0. The molecule has 0 aliphatic rings. The Morgan fingerprint density at radius 3 is 0.231 bits per heavy atom. The third kappa shape index (κ3) is 137. The average molecular weight is 592 g/mol. The van der Waals surface area contributed by atoms with Crippen LogP contribution in [0.5, 0.6) is 0 Å². The third-order valence-corrected chi connectivity index (χ3v) is 0. The van der Waals surface area contributed by atoms with Crippen molar-refractivity contribution in [3.05, 3.63) is 0 Å². The van der Waals surface area contributed by atoms with E-state index in [9.17, 15) is 0 Å². The number of rotatable bonds is 0. The molecule has 13 heavy (non-hydrogen) atoms. The van der Waals surface area contributed by atoms with E-state index < -0.39 is 0 Å². The summed E-state index contributed by atoms with van der Waals surface area (Å²) in [5, 5.41) is 0. The molecule has 2 radical (unpaired) electrons. The summed E-state index contributed by atoms with van der Waals surface area (Å²) < 4.78 is 0. The number of hydrogen-bond acceptors (Lipinski definition) is 0. The Kier molecular flexibility index (Phi) is 2210. The van der Waals surface area contributed by atoms with Crippen molar-refractivity contribution in [2.75, 3.05) is 0 Å². The van der Waals surface area contributed by atoms with Gasteiger partial charge >= 0.3 is 76.3 Å². The van der Waals surface area contributed by atoms with Gasteiger partial charge in [-0.25, -0.2) is 0 Å². The standard InChI is InChI=1S/2Fe.2Mo.9S/q2*+3;2*+6;9*-2. The molecule has 0 atom stereocenters. The van der Waals surface area contributed by atoms with Crippen molar-refractivity contribution in [1.82, 2.24) is 0 Å². The van der Waals surface area contributed by atoms with Gasteiger partial charge in [0.15, 0.2) is 0 Å². The largest absolute Gasteiger partial charge is 6.00 e. The van der Waals surface area contributed by atoms with E-state index in [2.05, 4.69) is 0 Å². The smallest absolute Gasteiger partial charge is 2.00 e. The summed E-state index contributed by atoms with van der Waals surface area (Å²) in [6.07, 6.45) is 0. The molecule has 0 rings (SSSR count). The minimum Gasteiger partial charge on any atom is -2.00 e. The van der Waals surface area contributed by atoms with Gasteiger partial charge in [0.2, 0.25) is 0 Å². The van der Waals surface area contributed by atoms with Crippen LogP contribution in [-0.2, 0) is 198 Å². The van der Waals surface area contributed by atoms with E-state index in [0.717, 1.165) is 0 Å². The van der Waals surface area contributed by atoms with Gasteiger partial charge in [0.05, 0.1) is 0 Å². The summed E-state index contributed by atoms with van der Waals surface area (Å²) in [7, 11) is 0. The fourth-order valence-electron chi connectivity index (χ4n) is 0. The maximum absolute atomic E-state index is 0. The van der Waals surface area contributed by atoms with Crippen molar-refractivity contribution in [3.63, 3.8) is 0 Å². The monoisotopic (exact) mass is 595 g/mol. The second-order valence-electron chi connectivity index (χ2n) is 0. The summed E-state index contributed by atoms with van der Waals surface area (Å²) in [6, 6.07) is 0. The van der Waals surface area contributed by atoms with Gasteiger partial charge < -0.3 is 121 Å². The van der Waals surface area contributed by atoms with E-state index in [1.54, 1.807) is 0 Å². The normalized spacial score (nSPS) is 0. The van der Waals surface area contributed by atoms with Crippen LogP contribution in [-0.4, -0.2) is 0 Å². The molecule has 0 nitrogen and oxygen atoms in total. The van der Waals surface area contributed by atoms with Crippen molar-refractivity contribution in [2.45, 2.75) is 0 Å². The van der Waals surface area contributed by atoms with Gasteiger partial charge in [-0.2, -0.15) is 0 Å². The number of hydrogen-bond donors (Lipinski definition) is 0. The van der Waals surface area contributed by atoms with Gasteiger partial charge in [-0.15, -0.1) is 0 Å². The topological polar surface area (TPSA) is 0 Å². The molecule has 0 aromatic heterocycles. The Labute approximate surface area is 194 Å². The Morgan fingerprint density at radius 1 is 0.231 bits per heavy atom. The molecule has 0 heterocycles. The fourth-order valence-corrected chi connectivity index (χ4v) is 0. The van der Waals surface area contributed by atoms with Crippen molar-refractivity contribution in [1.29, 1.82) is 0 Å². The summed E-state index contributed by atoms with van der Waals surface area (Å²) in [5.74, 6) is 0. The second-order valence-corrected chi connectivity index (χ2v) is 0. The van der Waals surface area contributed by atoms with Gasteiger partial charge in [0.25, 0.3) is 0 Å². The van der Waals surface area contributed by atoms with Crippen molar-refractivity contribution in [3.8, 4) is 0 Å². The molecular weight excluding hydrogens is 592 g/mol. The van der Waals surface area contributed by atoms with Crippen LogP contribution in [0, 0.1) is 0 Å². The molecule has 0 bridgehead atoms. The summed E-state index contributed by atoms with van der Waals surface area (Å²) in [4.78, 5) is 0. The zero-order valence-electron chi connectivity index (χ0n) is 5.20. The van der Waals surface area contributed by atoms with Gasteiger partial charge in [-0.05, 0) is 0 Å². The predicted molar refractivity (Wildman–Crippen MR) is 66.3 cm³/mol. The molecule has 0 aromatic rings. The van der Waals surface area contributed by atoms with E-state index >= 15 is 0 Å². The molecule has 0 N–H and O–H groups in total. The van der Waals surface area contributed by atoms with Crippen LogP contribution in [0.2, 0.25) is 0 Å². The summed E-state index contributed by atoms with van der Waals surface area (Å²) in [6.45, 7) is 0. The van der Waals surface area contributed by atoms with E-state index in [4.69, 9.17) is 0 Å². The first kappa shape index (κ1) is 185. The Morgan fingerprint density at radius 2 is 0.231 bits per heavy atom. The summed E-state index contributed by atoms with van der Waals surface area (Å²) in [5.41, 5.74) is 0. The first-order valence-corrected chi connectivity index (χ1v) is 0. The Hall–Kier alpha value is 5.57. The molecule has 82 valence electrons. The molecule has 0 unspecified atom stereocenters. The maximum Gasteiger partial charge on any atom is 6.00 e. The van der Waals surface area contributed by atoms with Crippen LogP contribution < -0.4 is 0 Å². The fraction of sp³-hybridized carbons (Fsp3) is 0. The molecule has 0 saturated carbocycles. The maximum atomic E-state index is 0. The second kappa shape index (κ2) is 156. The molecule has 13 heteroatoms. The van der Waals surface area contributed by atoms with Gasteiger partial charge in [0, 0.05) is 0 Å². The molecule has 0 aromatic carbocycles. The van der Waals surface area contributed by atoms with Gasteiger partial charge in [-0.3, -0.25) is 0 Å². The molecule has 0 aliphatic carbocycles. The van der Waals surface area contributed by atoms with Gasteiger partial charge in [-0.1, -0.05) is 0 Å². The van der Waals surface area contributed by atoms with Crippen molar-refractivity contribution < 1.29 is 76.3 Å². The predicted octanol–water partition coefficient (Wildman–Crippen LogP) is -0.0316. The third-order valence-electron chi connectivity index (χ3n) is 0. The van der Waals surface area contributed by atoms with Crippen LogP contribution in [0.15, 0.2) is 0 Å². The molecule has 0 saturated heterocycles. The minimum atomic E-state index is 0. The van der Waals surface area contributed by atoms with E-state index in [0.29, 0.717) is 0 Å². The van der Waals surface area contributed by atoms with Crippen LogP contribution >= 0.6 is 0 Å². The molecule has 0 aliphatic heterocycles.